The maximum absolute atomic E-state index is 12.7. The van der Waals surface area contributed by atoms with E-state index >= 15 is 0 Å². The van der Waals surface area contributed by atoms with Crippen LogP contribution in [0.15, 0.2) is 18.2 Å². The number of hydrogen-bond donors (Lipinski definition) is 1. The van der Waals surface area contributed by atoms with E-state index in [0.29, 0.717) is 11.8 Å². The standard InChI is InChI=1S/C17H26N2O/c1-5-18-16-10-13(4)6-7-15(16)17(20)19-9-8-14(11-19)12(2)3/h6-7,10,12,14,18H,5,8-9,11H2,1-4H3. The molecule has 0 radical (unpaired) electrons. The largest absolute Gasteiger partial charge is 0.385 e. The summed E-state index contributed by atoms with van der Waals surface area (Å²) in [6.45, 7) is 11.2. The zero-order chi connectivity index (χ0) is 14.7. The van der Waals surface area contributed by atoms with Gasteiger partial charge in [0, 0.05) is 25.3 Å². The number of carbonyl (C=O) groups excluding carboxylic acids is 1. The minimum Gasteiger partial charge on any atom is -0.385 e. The summed E-state index contributed by atoms with van der Waals surface area (Å²) in [5.74, 6) is 1.47. The van der Waals surface area contributed by atoms with Crippen molar-refractivity contribution in [1.82, 2.24) is 4.90 Å². The molecule has 3 nitrogen and oxygen atoms in total. The Morgan fingerprint density at radius 3 is 2.80 bits per heavy atom. The Balaban J connectivity index is 2.17. The van der Waals surface area contributed by atoms with Gasteiger partial charge in [0.2, 0.25) is 0 Å². The van der Waals surface area contributed by atoms with Crippen LogP contribution < -0.4 is 5.32 Å². The lowest BCUT2D eigenvalue weighted by Crippen LogP contribution is -2.30. The van der Waals surface area contributed by atoms with Gasteiger partial charge in [-0.25, -0.2) is 0 Å². The van der Waals surface area contributed by atoms with Gasteiger partial charge in [0.1, 0.15) is 0 Å². The molecule has 0 spiro atoms. The molecule has 1 heterocycles. The molecule has 0 aromatic heterocycles. The van der Waals surface area contributed by atoms with Gasteiger partial charge in [0.05, 0.1) is 5.56 Å². The predicted molar refractivity (Wildman–Crippen MR) is 84.2 cm³/mol. The highest BCUT2D eigenvalue weighted by molar-refractivity contribution is 5.99. The second kappa shape index (κ2) is 6.29. The lowest BCUT2D eigenvalue weighted by atomic mass is 9.95. The number of nitrogens with one attached hydrogen (secondary N) is 1. The second-order valence-electron chi connectivity index (χ2n) is 6.12. The molecule has 20 heavy (non-hydrogen) atoms. The SMILES string of the molecule is CCNc1cc(C)ccc1C(=O)N1CCC(C(C)C)C1. The fourth-order valence-electron chi connectivity index (χ4n) is 2.87. The Labute approximate surface area is 122 Å². The van der Waals surface area contributed by atoms with Crippen molar-refractivity contribution in [3.8, 4) is 0 Å². The van der Waals surface area contributed by atoms with Crippen molar-refractivity contribution in [2.75, 3.05) is 25.0 Å². The van der Waals surface area contributed by atoms with Gasteiger partial charge in [-0.2, -0.15) is 0 Å². The molecule has 1 aliphatic rings. The van der Waals surface area contributed by atoms with E-state index in [1.807, 2.05) is 17.0 Å². The van der Waals surface area contributed by atoms with Crippen LogP contribution in [-0.4, -0.2) is 30.4 Å². The van der Waals surface area contributed by atoms with E-state index in [9.17, 15) is 4.79 Å². The van der Waals surface area contributed by atoms with Gasteiger partial charge in [-0.05, 0) is 49.8 Å². The third kappa shape index (κ3) is 3.14. The maximum atomic E-state index is 12.7. The highest BCUT2D eigenvalue weighted by atomic mass is 16.2. The number of anilines is 1. The van der Waals surface area contributed by atoms with Gasteiger partial charge in [0.25, 0.3) is 5.91 Å². The van der Waals surface area contributed by atoms with E-state index in [-0.39, 0.29) is 5.91 Å². The molecule has 1 unspecified atom stereocenters. The number of likely N-dealkylation sites (tertiary alicyclic amines) is 1. The first kappa shape index (κ1) is 14.9. The summed E-state index contributed by atoms with van der Waals surface area (Å²) in [6.07, 6.45) is 1.13. The molecule has 1 N–H and O–H groups in total. The van der Waals surface area contributed by atoms with Crippen molar-refractivity contribution < 1.29 is 4.79 Å². The number of rotatable bonds is 4. The molecule has 1 aromatic carbocycles. The summed E-state index contributed by atoms with van der Waals surface area (Å²) in [7, 11) is 0. The Morgan fingerprint density at radius 1 is 1.45 bits per heavy atom. The van der Waals surface area contributed by atoms with E-state index in [4.69, 9.17) is 0 Å². The van der Waals surface area contributed by atoms with Crippen molar-refractivity contribution in [1.29, 1.82) is 0 Å². The summed E-state index contributed by atoms with van der Waals surface area (Å²) >= 11 is 0. The first-order valence-electron chi connectivity index (χ1n) is 7.66. The number of hydrogen-bond acceptors (Lipinski definition) is 2. The number of amides is 1. The Bertz CT molecular complexity index is 482. The van der Waals surface area contributed by atoms with Crippen LogP contribution in [0.25, 0.3) is 0 Å². The summed E-state index contributed by atoms with van der Waals surface area (Å²) in [6, 6.07) is 6.04. The number of benzene rings is 1. The van der Waals surface area contributed by atoms with E-state index < -0.39 is 0 Å². The third-order valence-corrected chi connectivity index (χ3v) is 4.23. The average molecular weight is 274 g/mol. The quantitative estimate of drug-likeness (QED) is 0.910. The van der Waals surface area contributed by atoms with E-state index in [0.717, 1.165) is 37.3 Å². The Hall–Kier alpha value is -1.51. The van der Waals surface area contributed by atoms with Gasteiger partial charge >= 0.3 is 0 Å². The molecule has 3 heteroatoms. The number of carbonyl (C=O) groups is 1. The van der Waals surface area contributed by atoms with Gasteiger partial charge < -0.3 is 10.2 Å². The number of nitrogens with zero attached hydrogens (tertiary/aromatic N) is 1. The summed E-state index contributed by atoms with van der Waals surface area (Å²) in [4.78, 5) is 14.7. The smallest absolute Gasteiger partial charge is 0.255 e. The lowest BCUT2D eigenvalue weighted by molar-refractivity contribution is 0.0785. The van der Waals surface area contributed by atoms with Crippen LogP contribution in [0, 0.1) is 18.8 Å². The molecule has 1 fully saturated rings. The van der Waals surface area contributed by atoms with Crippen molar-refractivity contribution in [2.24, 2.45) is 11.8 Å². The van der Waals surface area contributed by atoms with Crippen LogP contribution in [0.5, 0.6) is 0 Å². The van der Waals surface area contributed by atoms with Crippen molar-refractivity contribution in [2.45, 2.75) is 34.1 Å². The van der Waals surface area contributed by atoms with E-state index in [2.05, 4.69) is 39.1 Å². The first-order valence-corrected chi connectivity index (χ1v) is 7.66. The van der Waals surface area contributed by atoms with E-state index in [1.165, 1.54) is 5.56 Å². The average Bonchev–Trinajstić information content (AvgIpc) is 2.88. The molecule has 0 saturated carbocycles. The van der Waals surface area contributed by atoms with Crippen LogP contribution in [0.4, 0.5) is 5.69 Å². The first-order chi connectivity index (χ1) is 9.52. The highest BCUT2D eigenvalue weighted by Gasteiger charge is 2.29. The van der Waals surface area contributed by atoms with Crippen molar-refractivity contribution in [3.63, 3.8) is 0 Å². The summed E-state index contributed by atoms with van der Waals surface area (Å²) in [5, 5.41) is 3.31. The van der Waals surface area contributed by atoms with Gasteiger partial charge in [-0.1, -0.05) is 19.9 Å². The fourth-order valence-corrected chi connectivity index (χ4v) is 2.87. The monoisotopic (exact) mass is 274 g/mol. The topological polar surface area (TPSA) is 32.3 Å². The molecular weight excluding hydrogens is 248 g/mol. The normalized spacial score (nSPS) is 18.6. The molecule has 0 bridgehead atoms. The fraction of sp³-hybridized carbons (Fsp3) is 0.588. The Morgan fingerprint density at radius 2 is 2.20 bits per heavy atom. The van der Waals surface area contributed by atoms with Crippen LogP contribution in [0.2, 0.25) is 0 Å². The van der Waals surface area contributed by atoms with E-state index in [1.54, 1.807) is 0 Å². The predicted octanol–water partition coefficient (Wildman–Crippen LogP) is 3.54. The van der Waals surface area contributed by atoms with Gasteiger partial charge in [-0.15, -0.1) is 0 Å². The zero-order valence-electron chi connectivity index (χ0n) is 13.1. The zero-order valence-corrected chi connectivity index (χ0v) is 13.1. The van der Waals surface area contributed by atoms with Crippen LogP contribution >= 0.6 is 0 Å². The number of aryl methyl sites for hydroxylation is 1. The Kier molecular flexibility index (Phi) is 4.69. The van der Waals surface area contributed by atoms with Crippen molar-refractivity contribution >= 4 is 11.6 Å². The minimum atomic E-state index is 0.170. The summed E-state index contributed by atoms with van der Waals surface area (Å²) < 4.78 is 0. The van der Waals surface area contributed by atoms with Gasteiger partial charge in [0.15, 0.2) is 0 Å². The van der Waals surface area contributed by atoms with Crippen LogP contribution in [0.1, 0.15) is 43.1 Å². The van der Waals surface area contributed by atoms with Crippen molar-refractivity contribution in [3.05, 3.63) is 29.3 Å². The molecule has 0 aliphatic carbocycles. The molecule has 2 rings (SSSR count). The van der Waals surface area contributed by atoms with Crippen LogP contribution in [0.3, 0.4) is 0 Å². The molecule has 1 atom stereocenters. The molecule has 1 aromatic rings. The van der Waals surface area contributed by atoms with Crippen LogP contribution in [-0.2, 0) is 0 Å². The maximum Gasteiger partial charge on any atom is 0.255 e. The third-order valence-electron chi connectivity index (χ3n) is 4.23. The molecule has 1 aliphatic heterocycles. The molecule has 1 amide bonds. The molecule has 110 valence electrons. The second-order valence-corrected chi connectivity index (χ2v) is 6.12. The molecule has 1 saturated heterocycles. The summed E-state index contributed by atoms with van der Waals surface area (Å²) in [5.41, 5.74) is 2.95. The molecular formula is C17H26N2O. The highest BCUT2D eigenvalue weighted by Crippen LogP contribution is 2.27. The lowest BCUT2D eigenvalue weighted by Gasteiger charge is -2.20. The minimum absolute atomic E-state index is 0.170. The van der Waals surface area contributed by atoms with Gasteiger partial charge in [-0.3, -0.25) is 4.79 Å².